The third-order valence-electron chi connectivity index (χ3n) is 4.20. The maximum absolute atomic E-state index is 13.8. The molecule has 0 amide bonds. The first kappa shape index (κ1) is 21.7. The van der Waals surface area contributed by atoms with Gasteiger partial charge in [0.1, 0.15) is 11.4 Å². The van der Waals surface area contributed by atoms with Crippen LogP contribution in [0.5, 0.6) is 0 Å². The van der Waals surface area contributed by atoms with E-state index in [0.29, 0.717) is 27.3 Å². The number of hydrogen-bond acceptors (Lipinski definition) is 5. The maximum Gasteiger partial charge on any atom is 0.295 e. The van der Waals surface area contributed by atoms with Gasteiger partial charge < -0.3 is 10.2 Å². The number of furan rings is 1. The number of benzene rings is 3. The number of thioether (sulfide) groups is 1. The molecule has 0 aliphatic heterocycles. The number of nitrogens with one attached hydrogen (secondary N) is 1. The van der Waals surface area contributed by atoms with E-state index in [-0.39, 0.29) is 18.2 Å². The van der Waals surface area contributed by atoms with Crippen molar-refractivity contribution in [2.45, 2.75) is 23.2 Å². The van der Waals surface area contributed by atoms with Gasteiger partial charge in [-0.05, 0) is 42.0 Å². The molecule has 0 saturated carbocycles. The fourth-order valence-corrected chi connectivity index (χ4v) is 4.87. The Morgan fingerprint density at radius 3 is 2.57 bits per heavy atom. The fourth-order valence-electron chi connectivity index (χ4n) is 2.84. The van der Waals surface area contributed by atoms with E-state index >= 15 is 0 Å². The van der Waals surface area contributed by atoms with E-state index < -0.39 is 15.8 Å². The van der Waals surface area contributed by atoms with E-state index in [0.717, 1.165) is 11.6 Å². The summed E-state index contributed by atoms with van der Waals surface area (Å²) in [6.07, 6.45) is 0. The number of halogens is 1. The fraction of sp³-hybridized carbons (Fsp3) is 0.0909. The summed E-state index contributed by atoms with van der Waals surface area (Å²) in [5, 5.41) is 0.443. The van der Waals surface area contributed by atoms with Crippen LogP contribution in [0.3, 0.4) is 0 Å². The molecule has 4 aromatic rings. The molecule has 0 bridgehead atoms. The van der Waals surface area contributed by atoms with Crippen LogP contribution >= 0.6 is 11.8 Å². The van der Waals surface area contributed by atoms with Gasteiger partial charge in [0.2, 0.25) is 5.09 Å². The number of fused-ring (bicyclic) bond motifs is 1. The maximum atomic E-state index is 13.8. The molecular formula is C22H21FN2O3S2. The average molecular weight is 445 g/mol. The van der Waals surface area contributed by atoms with Crippen LogP contribution in [-0.2, 0) is 15.8 Å². The number of rotatable bonds is 6. The Hall–Kier alpha value is -2.97. The van der Waals surface area contributed by atoms with Crippen molar-refractivity contribution in [3.8, 4) is 0 Å². The van der Waals surface area contributed by atoms with Gasteiger partial charge in [-0.15, -0.1) is 11.8 Å². The summed E-state index contributed by atoms with van der Waals surface area (Å²) >= 11 is 1.38. The molecule has 0 spiro atoms. The van der Waals surface area contributed by atoms with Crippen molar-refractivity contribution in [1.29, 1.82) is 0 Å². The summed E-state index contributed by atoms with van der Waals surface area (Å²) in [7, 11) is -4.02. The van der Waals surface area contributed by atoms with Crippen molar-refractivity contribution >= 4 is 44.1 Å². The van der Waals surface area contributed by atoms with E-state index in [4.69, 9.17) is 10.2 Å². The lowest BCUT2D eigenvalue weighted by molar-refractivity contribution is 0.484. The van der Waals surface area contributed by atoms with Crippen LogP contribution in [0.25, 0.3) is 11.0 Å². The minimum absolute atomic E-state index is 0. The minimum Gasteiger partial charge on any atom is -0.443 e. The van der Waals surface area contributed by atoms with Gasteiger partial charge >= 0.3 is 0 Å². The number of para-hydroxylation sites is 1. The Morgan fingerprint density at radius 1 is 1.00 bits per heavy atom. The summed E-state index contributed by atoms with van der Waals surface area (Å²) < 4.78 is 47.3. The molecule has 156 valence electrons. The molecule has 0 radical (unpaired) electrons. The van der Waals surface area contributed by atoms with Gasteiger partial charge in [-0.25, -0.2) is 4.39 Å². The Labute approximate surface area is 179 Å². The van der Waals surface area contributed by atoms with Crippen molar-refractivity contribution in [2.75, 3.05) is 10.5 Å². The van der Waals surface area contributed by atoms with Gasteiger partial charge in [0.25, 0.3) is 10.0 Å². The van der Waals surface area contributed by atoms with Gasteiger partial charge in [-0.3, -0.25) is 4.72 Å². The molecule has 0 saturated heterocycles. The number of nitrogen functional groups attached to an aromatic ring is 1. The Kier molecular flexibility index (Phi) is 6.38. The molecular weight excluding hydrogens is 423 g/mol. The van der Waals surface area contributed by atoms with Gasteiger partial charge in [-0.1, -0.05) is 37.8 Å². The summed E-state index contributed by atoms with van der Waals surface area (Å²) in [5.74, 6) is 0.0105. The molecule has 5 nitrogen and oxygen atoms in total. The van der Waals surface area contributed by atoms with E-state index in [9.17, 15) is 12.8 Å². The molecule has 0 fully saturated rings. The summed E-state index contributed by atoms with van der Waals surface area (Å²) in [5.41, 5.74) is 8.03. The van der Waals surface area contributed by atoms with E-state index in [1.165, 1.54) is 23.9 Å². The zero-order valence-corrected chi connectivity index (χ0v) is 16.8. The molecule has 0 atom stereocenters. The Morgan fingerprint density at radius 2 is 1.80 bits per heavy atom. The molecule has 0 aliphatic rings. The van der Waals surface area contributed by atoms with Gasteiger partial charge in [0, 0.05) is 27.8 Å². The Bertz CT molecular complexity index is 1250. The monoisotopic (exact) mass is 444 g/mol. The average Bonchev–Trinajstić information content (AvgIpc) is 3.12. The highest BCUT2D eigenvalue weighted by molar-refractivity contribution is 7.98. The topological polar surface area (TPSA) is 85.3 Å². The van der Waals surface area contributed by atoms with Crippen LogP contribution < -0.4 is 10.5 Å². The predicted octanol–water partition coefficient (Wildman–Crippen LogP) is 5.88. The number of nitrogens with two attached hydrogens (primary N) is 1. The molecule has 4 rings (SSSR count). The van der Waals surface area contributed by atoms with Gasteiger partial charge in [0.05, 0.1) is 5.69 Å². The standard InChI is InChI=1S/C21H17FN2O3S2.CH4/c22-16-8-9-20(28-13-14-4-3-6-17(23)10-14)18(12-16)24-29(25,26)21-11-15-5-1-2-7-19(15)27-21;/h1-12,24H,13,23H2;1H4. The lowest BCUT2D eigenvalue weighted by atomic mass is 10.2. The van der Waals surface area contributed by atoms with Crippen LogP contribution in [-0.4, -0.2) is 8.42 Å². The van der Waals surface area contributed by atoms with Gasteiger partial charge in [0.15, 0.2) is 0 Å². The summed E-state index contributed by atoms with van der Waals surface area (Å²) in [6, 6.07) is 19.8. The van der Waals surface area contributed by atoms with Crippen LogP contribution in [0.1, 0.15) is 13.0 Å². The normalized spacial score (nSPS) is 11.2. The van der Waals surface area contributed by atoms with E-state index in [1.54, 1.807) is 36.4 Å². The molecule has 1 aromatic heterocycles. The second kappa shape index (κ2) is 8.81. The number of sulfonamides is 1. The van der Waals surface area contributed by atoms with Gasteiger partial charge in [-0.2, -0.15) is 8.42 Å². The molecule has 8 heteroatoms. The van der Waals surface area contributed by atoms with Crippen LogP contribution in [0.4, 0.5) is 15.8 Å². The Balaban J connectivity index is 0.00000256. The summed E-state index contributed by atoms with van der Waals surface area (Å²) in [6.45, 7) is 0. The van der Waals surface area contributed by atoms with Crippen molar-refractivity contribution in [3.63, 3.8) is 0 Å². The molecule has 3 N–H and O–H groups in total. The first-order valence-corrected chi connectivity index (χ1v) is 11.2. The zero-order chi connectivity index (χ0) is 20.4. The summed E-state index contributed by atoms with van der Waals surface area (Å²) in [4.78, 5) is 0.591. The van der Waals surface area contributed by atoms with Crippen LogP contribution in [0.2, 0.25) is 0 Å². The molecule has 3 aromatic carbocycles. The quantitative estimate of drug-likeness (QED) is 0.286. The third kappa shape index (κ3) is 4.77. The van der Waals surface area contributed by atoms with Crippen LogP contribution in [0.15, 0.2) is 87.2 Å². The predicted molar refractivity (Wildman–Crippen MR) is 121 cm³/mol. The minimum atomic E-state index is -4.02. The molecule has 30 heavy (non-hydrogen) atoms. The van der Waals surface area contributed by atoms with Crippen molar-refractivity contribution < 1.29 is 17.2 Å². The van der Waals surface area contributed by atoms with E-state index in [1.807, 2.05) is 18.2 Å². The SMILES string of the molecule is C.Nc1cccc(CSc2ccc(F)cc2NS(=O)(=O)c2cc3ccccc3o2)c1. The largest absolute Gasteiger partial charge is 0.443 e. The van der Waals surface area contributed by atoms with Crippen LogP contribution in [0, 0.1) is 5.82 Å². The zero-order valence-electron chi connectivity index (χ0n) is 15.1. The molecule has 0 unspecified atom stereocenters. The highest BCUT2D eigenvalue weighted by atomic mass is 32.2. The lowest BCUT2D eigenvalue weighted by Crippen LogP contribution is -2.13. The van der Waals surface area contributed by atoms with E-state index in [2.05, 4.69) is 4.72 Å². The van der Waals surface area contributed by atoms with Crippen molar-refractivity contribution in [3.05, 3.63) is 84.2 Å². The number of anilines is 2. The van der Waals surface area contributed by atoms with Crippen molar-refractivity contribution in [1.82, 2.24) is 0 Å². The second-order valence-corrected chi connectivity index (χ2v) is 9.01. The highest BCUT2D eigenvalue weighted by Gasteiger charge is 2.21. The molecule has 1 heterocycles. The second-order valence-electron chi connectivity index (χ2n) is 6.38. The first-order valence-electron chi connectivity index (χ1n) is 8.69. The highest BCUT2D eigenvalue weighted by Crippen LogP contribution is 2.33. The molecule has 0 aliphatic carbocycles. The first-order chi connectivity index (χ1) is 13.9. The van der Waals surface area contributed by atoms with Crippen molar-refractivity contribution in [2.24, 2.45) is 0 Å². The number of hydrogen-bond donors (Lipinski definition) is 2. The smallest absolute Gasteiger partial charge is 0.295 e. The third-order valence-corrected chi connectivity index (χ3v) is 6.56. The lowest BCUT2D eigenvalue weighted by Gasteiger charge is -2.11.